The monoisotopic (exact) mass is 452 g/mol. The van der Waals surface area contributed by atoms with Crippen LogP contribution < -0.4 is 15.0 Å². The Labute approximate surface area is 172 Å². The first-order chi connectivity index (χ1) is 14.2. The van der Waals surface area contributed by atoms with Crippen molar-refractivity contribution in [3.63, 3.8) is 0 Å². The lowest BCUT2D eigenvalue weighted by Gasteiger charge is -2.22. The predicted molar refractivity (Wildman–Crippen MR) is 110 cm³/mol. The van der Waals surface area contributed by atoms with E-state index in [0.29, 0.717) is 28.0 Å². The van der Waals surface area contributed by atoms with E-state index in [1.54, 1.807) is 24.3 Å². The summed E-state index contributed by atoms with van der Waals surface area (Å²) in [5.41, 5.74) is 1.77. The lowest BCUT2D eigenvalue weighted by atomic mass is 10.2. The van der Waals surface area contributed by atoms with Crippen molar-refractivity contribution in [3.05, 3.63) is 65.4 Å². The van der Waals surface area contributed by atoms with E-state index in [2.05, 4.69) is 41.2 Å². The van der Waals surface area contributed by atoms with Gasteiger partial charge in [0.15, 0.2) is 10.4 Å². The van der Waals surface area contributed by atoms with Gasteiger partial charge in [-0.1, -0.05) is 36.4 Å². The second-order valence-electron chi connectivity index (χ2n) is 5.72. The Kier molecular flexibility index (Phi) is 5.16. The number of H-pyrrole nitrogens is 1. The van der Waals surface area contributed by atoms with E-state index in [4.69, 9.17) is 4.74 Å². The van der Waals surface area contributed by atoms with E-state index in [0.717, 1.165) is 0 Å². The maximum Gasteiger partial charge on any atom is 0.425 e. The van der Waals surface area contributed by atoms with Gasteiger partial charge in [0.1, 0.15) is 5.52 Å². The highest BCUT2D eigenvalue weighted by Gasteiger charge is 2.23. The number of imidazole rings is 1. The number of nitrogens with one attached hydrogen (secondary N) is 2. The number of hydrogen-bond acceptors (Lipinski definition) is 6. The van der Waals surface area contributed by atoms with Crippen LogP contribution in [0.3, 0.4) is 0 Å². The molecule has 4 rings (SSSR count). The van der Waals surface area contributed by atoms with Crippen molar-refractivity contribution in [3.8, 4) is 5.88 Å². The zero-order valence-electron chi connectivity index (χ0n) is 14.7. The van der Waals surface area contributed by atoms with Crippen molar-refractivity contribution in [2.75, 3.05) is 10.2 Å². The maximum atomic E-state index is 13.1. The van der Waals surface area contributed by atoms with Crippen LogP contribution in [0.15, 0.2) is 65.4 Å². The minimum atomic E-state index is -0.690. The molecule has 2 N–H and O–H groups in total. The molecular formula is C19H13BrN6O3. The summed E-state index contributed by atoms with van der Waals surface area (Å²) in [5, 5.41) is 2.34. The van der Waals surface area contributed by atoms with Crippen LogP contribution in [0.5, 0.6) is 5.88 Å². The summed E-state index contributed by atoms with van der Waals surface area (Å²) < 4.78 is 5.97. The molecule has 29 heavy (non-hydrogen) atoms. The fourth-order valence-electron chi connectivity index (χ4n) is 2.68. The summed E-state index contributed by atoms with van der Waals surface area (Å²) in [5.74, 6) is -0.111. The van der Waals surface area contributed by atoms with Gasteiger partial charge in [0, 0.05) is 0 Å². The van der Waals surface area contributed by atoms with Gasteiger partial charge in [-0.3, -0.25) is 10.1 Å². The molecule has 2 aromatic heterocycles. The Bertz CT molecular complexity index is 1130. The molecule has 2 amide bonds. The van der Waals surface area contributed by atoms with Gasteiger partial charge in [0.25, 0.3) is 5.88 Å². The number of anilines is 3. The number of nitrogens with zero attached hydrogens (tertiary/aromatic N) is 4. The largest absolute Gasteiger partial charge is 0.425 e. The Hall–Kier alpha value is -3.79. The smallest absolute Gasteiger partial charge is 0.388 e. The van der Waals surface area contributed by atoms with Crippen molar-refractivity contribution >= 4 is 56.9 Å². The van der Waals surface area contributed by atoms with Gasteiger partial charge in [0.05, 0.1) is 11.4 Å². The Morgan fingerprint density at radius 1 is 1.00 bits per heavy atom. The minimum absolute atomic E-state index is 0.0414. The van der Waals surface area contributed by atoms with Crippen molar-refractivity contribution < 1.29 is 14.3 Å². The van der Waals surface area contributed by atoms with Crippen molar-refractivity contribution in [1.29, 1.82) is 0 Å². The summed E-state index contributed by atoms with van der Waals surface area (Å²) in [6.07, 6.45) is -0.264. The molecule has 0 spiro atoms. The van der Waals surface area contributed by atoms with Gasteiger partial charge in [-0.2, -0.15) is 9.97 Å². The molecule has 0 unspecified atom stereocenters. The number of hydrogen-bond donors (Lipinski definition) is 2. The normalized spacial score (nSPS) is 10.5. The first-order valence-electron chi connectivity index (χ1n) is 8.41. The number of ether oxygens (including phenoxy) is 1. The Morgan fingerprint density at radius 2 is 1.62 bits per heavy atom. The van der Waals surface area contributed by atoms with Crippen molar-refractivity contribution in [1.82, 2.24) is 19.9 Å². The third-order valence-electron chi connectivity index (χ3n) is 3.87. The molecule has 144 valence electrons. The van der Waals surface area contributed by atoms with E-state index in [9.17, 15) is 9.59 Å². The van der Waals surface area contributed by atoms with Gasteiger partial charge in [-0.25, -0.2) is 14.7 Å². The maximum absolute atomic E-state index is 13.1. The first kappa shape index (κ1) is 18.6. The molecule has 4 aromatic rings. The molecule has 0 aliphatic heterocycles. The second kappa shape index (κ2) is 8.07. The predicted octanol–water partition coefficient (Wildman–Crippen LogP) is 4.02. The number of carbonyl (C=O) groups excluding carboxylic acids is 2. The number of amides is 2. The van der Waals surface area contributed by atoms with Crippen LogP contribution >= 0.6 is 15.9 Å². The third-order valence-corrected chi connectivity index (χ3v) is 4.25. The molecule has 0 aliphatic rings. The van der Waals surface area contributed by atoms with Crippen LogP contribution in [0.4, 0.5) is 22.1 Å². The van der Waals surface area contributed by atoms with E-state index in [1.165, 1.54) is 4.90 Å². The fourth-order valence-corrected chi connectivity index (χ4v) is 3.04. The van der Waals surface area contributed by atoms with Gasteiger partial charge >= 0.3 is 6.09 Å². The lowest BCUT2D eigenvalue weighted by molar-refractivity contribution is -0.105. The average molecular weight is 453 g/mol. The highest BCUT2D eigenvalue weighted by atomic mass is 79.9. The summed E-state index contributed by atoms with van der Waals surface area (Å²) in [4.78, 5) is 40.5. The number of fused-ring (bicyclic) bond motifs is 1. The van der Waals surface area contributed by atoms with Crippen LogP contribution in [-0.4, -0.2) is 32.4 Å². The number of benzene rings is 2. The van der Waals surface area contributed by atoms with E-state index in [-0.39, 0.29) is 17.5 Å². The molecule has 0 saturated carbocycles. The molecule has 2 heterocycles. The quantitative estimate of drug-likeness (QED) is 0.349. The zero-order chi connectivity index (χ0) is 20.2. The van der Waals surface area contributed by atoms with E-state index < -0.39 is 6.09 Å². The van der Waals surface area contributed by atoms with E-state index >= 15 is 0 Å². The van der Waals surface area contributed by atoms with E-state index in [1.807, 2.05) is 36.4 Å². The molecular weight excluding hydrogens is 440 g/mol. The minimum Gasteiger partial charge on any atom is -0.388 e. The Balaban J connectivity index is 1.76. The molecule has 0 radical (unpaired) electrons. The summed E-state index contributed by atoms with van der Waals surface area (Å²) in [7, 11) is 0. The van der Waals surface area contributed by atoms with Crippen LogP contribution in [0.2, 0.25) is 0 Å². The number of carbonyl (C=O) groups is 2. The highest BCUT2D eigenvalue weighted by Crippen LogP contribution is 2.29. The molecule has 0 bridgehead atoms. The number of aromatic amines is 1. The number of aromatic nitrogens is 4. The molecule has 0 saturated heterocycles. The number of rotatable bonds is 5. The molecule has 0 aliphatic carbocycles. The SMILES string of the molecule is O=CNc1nc(OC(=O)N(c2ccccc2)c2ccccc2)c2[nH]c(Br)nc2n1. The van der Waals surface area contributed by atoms with Crippen LogP contribution in [0.1, 0.15) is 0 Å². The average Bonchev–Trinajstić information content (AvgIpc) is 3.10. The second-order valence-corrected chi connectivity index (χ2v) is 6.47. The van der Waals surface area contributed by atoms with Crippen molar-refractivity contribution in [2.24, 2.45) is 0 Å². The lowest BCUT2D eigenvalue weighted by Crippen LogP contribution is -2.29. The summed E-state index contributed by atoms with van der Waals surface area (Å²) in [6.45, 7) is 0. The first-order valence-corrected chi connectivity index (χ1v) is 9.20. The molecule has 9 nitrogen and oxygen atoms in total. The zero-order valence-corrected chi connectivity index (χ0v) is 16.3. The van der Waals surface area contributed by atoms with Crippen LogP contribution in [0, 0.1) is 0 Å². The van der Waals surface area contributed by atoms with Gasteiger partial charge in [-0.05, 0) is 40.2 Å². The Morgan fingerprint density at radius 3 is 2.21 bits per heavy atom. The van der Waals surface area contributed by atoms with Crippen molar-refractivity contribution in [2.45, 2.75) is 0 Å². The standard InChI is InChI=1S/C19H13BrN6O3/c20-17-22-14-15(23-17)24-18(21-11-27)25-16(14)29-19(28)26(12-7-3-1-4-8-12)13-9-5-2-6-10-13/h1-11H,(H2,21,22,23,24,25,27). The molecule has 0 fully saturated rings. The van der Waals surface area contributed by atoms with Gasteiger partial charge < -0.3 is 9.72 Å². The topological polar surface area (TPSA) is 113 Å². The highest BCUT2D eigenvalue weighted by molar-refractivity contribution is 9.10. The van der Waals surface area contributed by atoms with Crippen LogP contribution in [-0.2, 0) is 4.79 Å². The van der Waals surface area contributed by atoms with Gasteiger partial charge in [0.2, 0.25) is 12.4 Å². The van der Waals surface area contributed by atoms with Crippen LogP contribution in [0.25, 0.3) is 11.2 Å². The molecule has 2 aromatic carbocycles. The summed E-state index contributed by atoms with van der Waals surface area (Å²) in [6, 6.07) is 18.1. The number of para-hydroxylation sites is 2. The third kappa shape index (κ3) is 3.92. The van der Waals surface area contributed by atoms with Gasteiger partial charge in [-0.15, -0.1) is 0 Å². The molecule has 10 heteroatoms. The molecule has 0 atom stereocenters. The summed E-state index contributed by atoms with van der Waals surface area (Å²) >= 11 is 3.22. The fraction of sp³-hybridized carbons (Fsp3) is 0. The number of halogens is 1.